The number of nitriles is 1. The molecular weight excluding hydrogens is 1380 g/mol. The molecule has 106 heavy (non-hydrogen) atoms. The molecule has 2 saturated heterocycles. The van der Waals surface area contributed by atoms with Gasteiger partial charge < -0.3 is 62.5 Å². The number of carbonyl (C=O) groups is 2. The average Bonchev–Trinajstić information content (AvgIpc) is 1.37. The summed E-state index contributed by atoms with van der Waals surface area (Å²) in [6.45, 7) is -0.885. The molecule has 12 aromatic rings. The van der Waals surface area contributed by atoms with E-state index in [9.17, 15) is 19.7 Å². The molecule has 8 aromatic carbocycles. The van der Waals surface area contributed by atoms with Crippen LogP contribution < -0.4 is 29.6 Å². The van der Waals surface area contributed by atoms with Gasteiger partial charge in [0, 0.05) is 11.1 Å². The molecule has 2 aliphatic heterocycles. The summed E-state index contributed by atoms with van der Waals surface area (Å²) in [7, 11) is 2.97. The van der Waals surface area contributed by atoms with E-state index in [1.807, 2.05) is 78.9 Å². The number of alkyl halides is 2. The maximum atomic E-state index is 20.0. The van der Waals surface area contributed by atoms with Crippen molar-refractivity contribution in [3.05, 3.63) is 288 Å². The summed E-state index contributed by atoms with van der Waals surface area (Å²) in [5, 5.41) is 15.5. The lowest BCUT2D eigenvalue weighted by atomic mass is 9.79. The highest BCUT2D eigenvalue weighted by Crippen LogP contribution is 2.54. The van der Waals surface area contributed by atoms with E-state index < -0.39 is 93.4 Å². The maximum absolute atomic E-state index is 20.0. The fraction of sp³-hybridized carbons (Fsp3) is 0.228. The average molecular weight is 1450 g/mol. The molecule has 3 N–H and O–H groups in total. The normalized spacial score (nSPS) is 19.3. The Hall–Kier alpha value is -11.5. The molecule has 538 valence electrons. The van der Waals surface area contributed by atoms with Gasteiger partial charge in [0.25, 0.3) is 11.8 Å². The zero-order valence-corrected chi connectivity index (χ0v) is 58.4. The van der Waals surface area contributed by atoms with Crippen molar-refractivity contribution in [3.8, 4) is 29.1 Å². The van der Waals surface area contributed by atoms with E-state index in [0.717, 1.165) is 0 Å². The molecule has 6 heterocycles. The van der Waals surface area contributed by atoms with E-state index in [4.69, 9.17) is 46.9 Å². The van der Waals surface area contributed by atoms with Crippen LogP contribution in [0.15, 0.2) is 244 Å². The summed E-state index contributed by atoms with van der Waals surface area (Å²) >= 11 is 0. The number of halogens is 2. The number of nitrogens with one attached hydrogen (secondary N) is 2. The van der Waals surface area contributed by atoms with E-state index in [0.29, 0.717) is 67.5 Å². The maximum Gasteiger partial charge on any atom is 0.330 e. The summed E-state index contributed by atoms with van der Waals surface area (Å²) < 4.78 is 108. The zero-order chi connectivity index (χ0) is 73.3. The Morgan fingerprint density at radius 2 is 0.934 bits per heavy atom. The Morgan fingerprint density at radius 1 is 0.538 bits per heavy atom. The second-order valence-electron chi connectivity index (χ2n) is 24.7. The van der Waals surface area contributed by atoms with Crippen LogP contribution in [-0.4, -0.2) is 134 Å². The quantitative estimate of drug-likeness (QED) is 0.0233. The molecule has 4 aromatic heterocycles. The lowest BCUT2D eigenvalue weighted by Gasteiger charge is -2.42. The van der Waals surface area contributed by atoms with Gasteiger partial charge in [-0.05, 0) is 106 Å². The molecule has 27 heteroatoms. The van der Waals surface area contributed by atoms with E-state index in [1.165, 1.54) is 48.7 Å². The van der Waals surface area contributed by atoms with E-state index in [2.05, 4.69) is 40.5 Å². The Balaban J connectivity index is 0.979. The minimum atomic E-state index is -3.18. The standard InChI is InChI=1S/C79H70F2N11O13P/c1-96-57-34-26-53(27-35-57)78(51-22-13-7-14-23-51,54-28-36-58(97-2)37-29-54)100-44-61-62(63(80)76(102-61)91-47-87-65-70(83-45-85-72(65)91)89-74(93)49-18-9-5-10-19-49)67(105-106(95)101-43-17-42-82)69-68(64(81)77(103-69)92-48-88-66-71(84-46-86-73(66)92)90-75(94)50-20-11-6-12-21-50)104-79(52-24-15-8-16-25-52,55-30-38-59(98-3)39-31-55)56-32-40-60(99-4)41-33-56/h5-16,18-41,45-48,61-64,67-69,76-77,95H,17,43-44H2,1-4H3,(H,83,85,89,93)(H,84,86,90,94)/t61-,62-,63+,64+,67?,68-,69-,76+,77+,106?/m0/s1. The van der Waals surface area contributed by atoms with Crippen LogP contribution in [0.25, 0.3) is 22.3 Å². The number of anilines is 2. The van der Waals surface area contributed by atoms with Crippen LogP contribution >= 0.6 is 8.60 Å². The number of hydrogen-bond acceptors (Lipinski definition) is 20. The Morgan fingerprint density at radius 3 is 1.36 bits per heavy atom. The van der Waals surface area contributed by atoms with Crippen LogP contribution in [0.4, 0.5) is 20.4 Å². The highest BCUT2D eigenvalue weighted by Gasteiger charge is 2.62. The van der Waals surface area contributed by atoms with Crippen molar-refractivity contribution in [2.24, 2.45) is 5.92 Å². The van der Waals surface area contributed by atoms with Crippen LogP contribution in [0.5, 0.6) is 23.0 Å². The molecule has 0 aliphatic carbocycles. The molecule has 2 amide bonds. The number of nitrogens with zero attached hydrogens (tertiary/aromatic N) is 9. The Bertz CT molecular complexity index is 4930. The molecule has 24 nitrogen and oxygen atoms in total. The van der Waals surface area contributed by atoms with E-state index in [1.54, 1.807) is 160 Å². The first-order valence-electron chi connectivity index (χ1n) is 33.7. The smallest absolute Gasteiger partial charge is 0.330 e. The third-order valence-corrected chi connectivity index (χ3v) is 19.7. The van der Waals surface area contributed by atoms with E-state index >= 15 is 8.78 Å². The number of ether oxygens (including phenoxy) is 8. The van der Waals surface area contributed by atoms with Crippen LogP contribution in [0.3, 0.4) is 0 Å². The Kier molecular flexibility index (Phi) is 21.5. The van der Waals surface area contributed by atoms with Gasteiger partial charge in [-0.3, -0.25) is 18.7 Å². The molecule has 2 unspecified atom stereocenters. The second kappa shape index (κ2) is 31.8. The molecule has 2 fully saturated rings. The third kappa shape index (κ3) is 14.1. The lowest BCUT2D eigenvalue weighted by Crippen LogP contribution is -2.52. The molecule has 0 bridgehead atoms. The van der Waals surface area contributed by atoms with Crippen LogP contribution in [0, 0.1) is 17.2 Å². The second-order valence-corrected chi connectivity index (χ2v) is 25.7. The summed E-state index contributed by atoms with van der Waals surface area (Å²) in [5.74, 6) is -0.761. The van der Waals surface area contributed by atoms with Gasteiger partial charge in [-0.1, -0.05) is 146 Å². The van der Waals surface area contributed by atoms with Gasteiger partial charge in [0.05, 0.1) is 78.8 Å². The third-order valence-electron chi connectivity index (χ3n) is 18.8. The first kappa shape index (κ1) is 71.5. The minimum absolute atomic E-state index is 0.00583. The fourth-order valence-electron chi connectivity index (χ4n) is 13.7. The number of hydrogen-bond donors (Lipinski definition) is 3. The number of rotatable bonds is 28. The van der Waals surface area contributed by atoms with Crippen molar-refractivity contribution in [2.75, 3.05) is 52.3 Å². The Labute approximate surface area is 608 Å². The van der Waals surface area contributed by atoms with Gasteiger partial charge in [-0.15, -0.1) is 0 Å². The van der Waals surface area contributed by atoms with Gasteiger partial charge in [0.1, 0.15) is 65.2 Å². The highest BCUT2D eigenvalue weighted by atomic mass is 31.2. The van der Waals surface area contributed by atoms with Gasteiger partial charge in [-0.25, -0.2) is 38.7 Å². The van der Waals surface area contributed by atoms with E-state index in [-0.39, 0.29) is 47.0 Å². The minimum Gasteiger partial charge on any atom is -0.497 e. The zero-order valence-electron chi connectivity index (χ0n) is 57.5. The number of carbonyl (C=O) groups excluding carboxylic acids is 2. The molecule has 0 radical (unpaired) electrons. The number of aromatic nitrogens is 8. The summed E-state index contributed by atoms with van der Waals surface area (Å²) in [4.78, 5) is 67.4. The first-order chi connectivity index (χ1) is 51.9. The first-order valence-corrected chi connectivity index (χ1v) is 34.8. The largest absolute Gasteiger partial charge is 0.497 e. The predicted octanol–water partition coefficient (Wildman–Crippen LogP) is 13.2. The summed E-state index contributed by atoms with van der Waals surface area (Å²) in [5.41, 5.74) is 0.530. The SMILES string of the molecule is COc1ccc(C(OC[C@@H]2O[C@@H](n3cnc4c(NC(=O)c5ccccc5)ncnc43)[C@H](F)[C@H]2C(OP(O)OCCC#N)[C@@H]2O[C@@H](n3cnc4c(NC(=O)c5ccccc5)ncnc43)[C@H](F)[C@@H]2OC(c2ccccc2)(c2ccc(OC)cc2)c2ccc(OC)cc2)(c2ccccc2)c2ccc(OC)cc2)cc1. The molecule has 0 saturated carbocycles. The van der Waals surface area contributed by atoms with Crippen LogP contribution in [-0.2, 0) is 39.2 Å². The van der Waals surface area contributed by atoms with Crippen LogP contribution in [0.2, 0.25) is 0 Å². The predicted molar refractivity (Wildman–Crippen MR) is 386 cm³/mol. The van der Waals surface area contributed by atoms with Gasteiger partial charge in [0.2, 0.25) is 0 Å². The van der Waals surface area contributed by atoms with Crippen molar-refractivity contribution in [1.29, 1.82) is 5.26 Å². The number of fused-ring (bicyclic) bond motifs is 2. The number of imidazole rings is 2. The van der Waals surface area contributed by atoms with Crippen molar-refractivity contribution in [3.63, 3.8) is 0 Å². The lowest BCUT2D eigenvalue weighted by molar-refractivity contribution is -0.147. The van der Waals surface area contributed by atoms with Crippen LogP contribution in [0.1, 0.15) is 73.0 Å². The molecular formula is C79H70F2N11O13P. The monoisotopic (exact) mass is 1450 g/mol. The molecule has 10 atom stereocenters. The summed E-state index contributed by atoms with van der Waals surface area (Å²) in [6.07, 6.45) is -10.7. The van der Waals surface area contributed by atoms with Gasteiger partial charge in [0.15, 0.2) is 58.8 Å². The topological polar surface area (TPSA) is 282 Å². The van der Waals surface area contributed by atoms with Crippen molar-refractivity contribution >= 4 is 54.4 Å². The highest BCUT2D eigenvalue weighted by molar-refractivity contribution is 7.40. The molecule has 0 spiro atoms. The molecule has 14 rings (SSSR count). The van der Waals surface area contributed by atoms with Gasteiger partial charge >= 0.3 is 8.60 Å². The number of benzene rings is 8. The molecule has 2 aliphatic rings. The summed E-state index contributed by atoms with van der Waals surface area (Å²) in [6, 6.07) is 66.0. The fourth-order valence-corrected chi connectivity index (χ4v) is 14.5. The van der Waals surface area contributed by atoms with Gasteiger partial charge in [-0.2, -0.15) is 5.26 Å². The number of methoxy groups -OCH3 is 4. The number of amides is 2. The van der Waals surface area contributed by atoms with Crippen molar-refractivity contribution < 1.29 is 70.2 Å². The van der Waals surface area contributed by atoms with Crippen molar-refractivity contribution in [1.82, 2.24) is 39.0 Å². The van der Waals surface area contributed by atoms with Crippen molar-refractivity contribution in [2.45, 2.75) is 66.8 Å².